The van der Waals surface area contributed by atoms with Crippen LogP contribution in [0.3, 0.4) is 0 Å². The molecule has 2 nitrogen and oxygen atoms in total. The van der Waals surface area contributed by atoms with Crippen molar-refractivity contribution in [2.75, 3.05) is 0 Å². The van der Waals surface area contributed by atoms with E-state index in [-0.39, 0.29) is 5.56 Å². The van der Waals surface area contributed by atoms with Gasteiger partial charge in [0, 0.05) is 11.1 Å². The quantitative estimate of drug-likeness (QED) is 0.646. The molecule has 23 heavy (non-hydrogen) atoms. The van der Waals surface area contributed by atoms with Gasteiger partial charge in [-0.3, -0.25) is 4.79 Å². The lowest BCUT2D eigenvalue weighted by Gasteiger charge is -2.18. The Hall–Kier alpha value is -2.35. The summed E-state index contributed by atoms with van der Waals surface area (Å²) in [6.45, 7) is 0.673. The van der Waals surface area contributed by atoms with Crippen LogP contribution in [0, 0.1) is 0 Å². The van der Waals surface area contributed by atoms with Crippen molar-refractivity contribution in [2.24, 2.45) is 0 Å². The Bertz CT molecular complexity index is 893. The summed E-state index contributed by atoms with van der Waals surface area (Å²) in [5.41, 5.74) is 4.00. The highest BCUT2D eigenvalue weighted by Crippen LogP contribution is 2.26. The monoisotopic (exact) mass is 303 g/mol. The number of hydrogen-bond donors (Lipinski definition) is 0. The Labute approximate surface area is 136 Å². The fourth-order valence-electron chi connectivity index (χ4n) is 3.79. The third kappa shape index (κ3) is 2.59. The standard InChI is InChI=1S/C21H21NO/c23-21-19-13-8-7-11-17(19)18-12-5-2-6-14-20(18)22(21)15-16-9-3-1-4-10-16/h1,3-4,7-11,13H,2,5-6,12,14-15H2. The Morgan fingerprint density at radius 2 is 1.48 bits per heavy atom. The van der Waals surface area contributed by atoms with Crippen molar-refractivity contribution in [1.82, 2.24) is 4.57 Å². The average Bonchev–Trinajstić information content (AvgIpc) is 2.86. The van der Waals surface area contributed by atoms with Gasteiger partial charge >= 0.3 is 0 Å². The highest BCUT2D eigenvalue weighted by Gasteiger charge is 2.18. The van der Waals surface area contributed by atoms with Gasteiger partial charge in [0.1, 0.15) is 0 Å². The maximum Gasteiger partial charge on any atom is 0.258 e. The van der Waals surface area contributed by atoms with Gasteiger partial charge in [-0.15, -0.1) is 0 Å². The molecular formula is C21H21NO. The zero-order valence-corrected chi connectivity index (χ0v) is 13.3. The van der Waals surface area contributed by atoms with Crippen LogP contribution in [0.15, 0.2) is 59.4 Å². The predicted octanol–water partition coefficient (Wildman–Crippen LogP) is 4.32. The second-order valence-electron chi connectivity index (χ2n) is 6.41. The van der Waals surface area contributed by atoms with Crippen molar-refractivity contribution in [3.8, 4) is 0 Å². The minimum absolute atomic E-state index is 0.158. The lowest BCUT2D eigenvalue weighted by molar-refractivity contribution is 0.669. The van der Waals surface area contributed by atoms with Crippen molar-refractivity contribution in [1.29, 1.82) is 0 Å². The van der Waals surface area contributed by atoms with E-state index in [9.17, 15) is 4.79 Å². The van der Waals surface area contributed by atoms with Gasteiger partial charge in [0.15, 0.2) is 0 Å². The van der Waals surface area contributed by atoms with Crippen molar-refractivity contribution in [3.63, 3.8) is 0 Å². The van der Waals surface area contributed by atoms with E-state index in [0.29, 0.717) is 6.54 Å². The van der Waals surface area contributed by atoms with Gasteiger partial charge in [-0.25, -0.2) is 0 Å². The Morgan fingerprint density at radius 3 is 2.30 bits per heavy atom. The van der Waals surface area contributed by atoms with Crippen LogP contribution in [-0.4, -0.2) is 4.57 Å². The van der Waals surface area contributed by atoms with Gasteiger partial charge in [-0.2, -0.15) is 0 Å². The van der Waals surface area contributed by atoms with Crippen LogP contribution in [0.4, 0.5) is 0 Å². The number of aryl methyl sites for hydroxylation is 1. The van der Waals surface area contributed by atoms with E-state index in [4.69, 9.17) is 0 Å². The zero-order chi connectivity index (χ0) is 15.6. The fraction of sp³-hybridized carbons (Fsp3) is 0.286. The van der Waals surface area contributed by atoms with E-state index in [0.717, 1.165) is 18.2 Å². The molecule has 4 rings (SSSR count). The summed E-state index contributed by atoms with van der Waals surface area (Å²) in [4.78, 5) is 13.1. The normalized spacial score (nSPS) is 14.4. The molecule has 0 spiro atoms. The van der Waals surface area contributed by atoms with E-state index in [2.05, 4.69) is 24.3 Å². The second-order valence-corrected chi connectivity index (χ2v) is 6.41. The first-order chi connectivity index (χ1) is 11.3. The first-order valence-electron chi connectivity index (χ1n) is 8.52. The Morgan fingerprint density at radius 1 is 0.783 bits per heavy atom. The van der Waals surface area contributed by atoms with Crippen molar-refractivity contribution < 1.29 is 0 Å². The molecule has 0 amide bonds. The summed E-state index contributed by atoms with van der Waals surface area (Å²) in [6.07, 6.45) is 5.76. The molecule has 116 valence electrons. The lowest BCUT2D eigenvalue weighted by atomic mass is 9.99. The largest absolute Gasteiger partial charge is 0.307 e. The average molecular weight is 303 g/mol. The molecule has 2 aromatic carbocycles. The highest BCUT2D eigenvalue weighted by atomic mass is 16.1. The molecule has 1 aliphatic rings. The Kier molecular flexibility index (Phi) is 3.74. The zero-order valence-electron chi connectivity index (χ0n) is 13.3. The van der Waals surface area contributed by atoms with Crippen LogP contribution in [-0.2, 0) is 19.4 Å². The van der Waals surface area contributed by atoms with Crippen LogP contribution in [0.2, 0.25) is 0 Å². The third-order valence-corrected chi connectivity index (χ3v) is 4.93. The minimum atomic E-state index is 0.158. The van der Waals surface area contributed by atoms with Crippen LogP contribution in [0.5, 0.6) is 0 Å². The van der Waals surface area contributed by atoms with Gasteiger partial charge in [-0.05, 0) is 48.3 Å². The van der Waals surface area contributed by atoms with Crippen LogP contribution < -0.4 is 5.56 Å². The maximum absolute atomic E-state index is 13.1. The molecule has 0 N–H and O–H groups in total. The minimum Gasteiger partial charge on any atom is -0.307 e. The van der Waals surface area contributed by atoms with Gasteiger partial charge in [-0.1, -0.05) is 55.0 Å². The fourth-order valence-corrected chi connectivity index (χ4v) is 3.79. The molecule has 0 aliphatic heterocycles. The molecule has 1 aromatic heterocycles. The SMILES string of the molecule is O=c1c2ccccc2c2c(n1Cc1ccccc1)CCCCC2. The first kappa shape index (κ1) is 14.3. The molecule has 0 atom stereocenters. The van der Waals surface area contributed by atoms with Crippen LogP contribution in [0.1, 0.15) is 36.1 Å². The molecule has 3 aromatic rings. The van der Waals surface area contributed by atoms with E-state index < -0.39 is 0 Å². The molecule has 0 bridgehead atoms. The van der Waals surface area contributed by atoms with E-state index in [1.165, 1.54) is 41.5 Å². The highest BCUT2D eigenvalue weighted by molar-refractivity contribution is 5.85. The van der Waals surface area contributed by atoms with Crippen molar-refractivity contribution in [2.45, 2.75) is 38.6 Å². The molecule has 0 unspecified atom stereocenters. The van der Waals surface area contributed by atoms with Crippen molar-refractivity contribution >= 4 is 10.8 Å². The molecule has 0 saturated heterocycles. The summed E-state index contributed by atoms with van der Waals surface area (Å²) in [6, 6.07) is 18.4. The number of fused-ring (bicyclic) bond motifs is 3. The van der Waals surface area contributed by atoms with E-state index >= 15 is 0 Å². The predicted molar refractivity (Wildman–Crippen MR) is 95.0 cm³/mol. The number of nitrogens with zero attached hydrogens (tertiary/aromatic N) is 1. The summed E-state index contributed by atoms with van der Waals surface area (Å²) >= 11 is 0. The smallest absolute Gasteiger partial charge is 0.258 e. The molecule has 0 fully saturated rings. The maximum atomic E-state index is 13.1. The van der Waals surface area contributed by atoms with Gasteiger partial charge in [0.05, 0.1) is 6.54 Å². The number of aromatic nitrogens is 1. The molecule has 0 radical (unpaired) electrons. The molecule has 1 aliphatic carbocycles. The molecular weight excluding hydrogens is 282 g/mol. The lowest BCUT2D eigenvalue weighted by Crippen LogP contribution is -2.26. The number of pyridine rings is 1. The van der Waals surface area contributed by atoms with Gasteiger partial charge in [0.25, 0.3) is 5.56 Å². The first-order valence-corrected chi connectivity index (χ1v) is 8.52. The molecule has 1 heterocycles. The van der Waals surface area contributed by atoms with E-state index in [1.807, 2.05) is 34.9 Å². The van der Waals surface area contributed by atoms with Gasteiger partial charge in [0.2, 0.25) is 0 Å². The molecule has 2 heteroatoms. The molecule has 0 saturated carbocycles. The summed E-state index contributed by atoms with van der Waals surface area (Å²) in [5, 5.41) is 2.03. The van der Waals surface area contributed by atoms with Crippen LogP contribution in [0.25, 0.3) is 10.8 Å². The summed E-state index contributed by atoms with van der Waals surface area (Å²) < 4.78 is 2.03. The summed E-state index contributed by atoms with van der Waals surface area (Å²) in [7, 11) is 0. The van der Waals surface area contributed by atoms with Crippen molar-refractivity contribution in [3.05, 3.63) is 81.8 Å². The summed E-state index contributed by atoms with van der Waals surface area (Å²) in [5.74, 6) is 0. The number of benzene rings is 2. The topological polar surface area (TPSA) is 22.0 Å². The second kappa shape index (κ2) is 6.04. The van der Waals surface area contributed by atoms with Crippen LogP contribution >= 0.6 is 0 Å². The number of rotatable bonds is 2. The number of hydrogen-bond acceptors (Lipinski definition) is 1. The van der Waals surface area contributed by atoms with E-state index in [1.54, 1.807) is 0 Å². The Balaban J connectivity index is 1.97. The van der Waals surface area contributed by atoms with Gasteiger partial charge < -0.3 is 4.57 Å². The third-order valence-electron chi connectivity index (χ3n) is 4.93.